The molecule has 26 heavy (non-hydrogen) atoms. The molecule has 0 radical (unpaired) electrons. The van der Waals surface area contributed by atoms with E-state index < -0.39 is 0 Å². The van der Waals surface area contributed by atoms with Crippen molar-refractivity contribution >= 4 is 5.91 Å². The molecule has 3 aliphatic rings. The van der Waals surface area contributed by atoms with Crippen molar-refractivity contribution in [3.05, 3.63) is 29.1 Å². The molecular weight excluding hydrogens is 337 g/mol. The molecule has 142 valence electrons. The maximum absolute atomic E-state index is 13.9. The van der Waals surface area contributed by atoms with Crippen LogP contribution in [0.5, 0.6) is 5.75 Å². The molecule has 1 atom stereocenters. The molecule has 6 nitrogen and oxygen atoms in total. The molecule has 1 aromatic carbocycles. The Morgan fingerprint density at radius 1 is 1.31 bits per heavy atom. The van der Waals surface area contributed by atoms with Crippen molar-refractivity contribution in [3.8, 4) is 5.75 Å². The van der Waals surface area contributed by atoms with Crippen LogP contribution in [0.2, 0.25) is 0 Å². The fourth-order valence-electron chi connectivity index (χ4n) is 3.64. The number of ether oxygens (including phenoxy) is 2. The summed E-state index contributed by atoms with van der Waals surface area (Å²) >= 11 is 0. The summed E-state index contributed by atoms with van der Waals surface area (Å²) in [6, 6.07) is 3.34. The number of carbonyl (C=O) groups excluding carboxylic acids is 1. The van der Waals surface area contributed by atoms with Crippen LogP contribution in [0.15, 0.2) is 12.1 Å². The fourth-order valence-corrected chi connectivity index (χ4v) is 3.64. The Hall–Kier alpha value is -1.70. The molecule has 4 rings (SSSR count). The van der Waals surface area contributed by atoms with E-state index >= 15 is 0 Å². The van der Waals surface area contributed by atoms with Crippen LogP contribution in [0.1, 0.15) is 30.9 Å². The Labute approximate surface area is 153 Å². The van der Waals surface area contributed by atoms with E-state index in [-0.39, 0.29) is 24.6 Å². The van der Waals surface area contributed by atoms with Gasteiger partial charge in [0.15, 0.2) is 6.79 Å². The monoisotopic (exact) mass is 363 g/mol. The van der Waals surface area contributed by atoms with E-state index in [0.29, 0.717) is 19.2 Å². The lowest BCUT2D eigenvalue weighted by Crippen LogP contribution is -2.53. The van der Waals surface area contributed by atoms with Crippen LogP contribution in [0, 0.1) is 5.82 Å². The SMILES string of the molecule is C[C@H](C(=O)NC1CC1)N1CCN(Cc2cc(F)cc3c2OCOC3)CC1. The summed E-state index contributed by atoms with van der Waals surface area (Å²) in [5, 5.41) is 3.08. The predicted molar refractivity (Wildman–Crippen MR) is 94.2 cm³/mol. The van der Waals surface area contributed by atoms with Crippen LogP contribution >= 0.6 is 0 Å². The highest BCUT2D eigenvalue weighted by molar-refractivity contribution is 5.81. The van der Waals surface area contributed by atoms with Gasteiger partial charge in [0.1, 0.15) is 11.6 Å². The van der Waals surface area contributed by atoms with Crippen LogP contribution in [0.4, 0.5) is 4.39 Å². The van der Waals surface area contributed by atoms with E-state index in [1.807, 2.05) is 6.92 Å². The predicted octanol–water partition coefficient (Wildman–Crippen LogP) is 1.48. The molecule has 0 aromatic heterocycles. The number of hydrogen-bond acceptors (Lipinski definition) is 5. The first kappa shape index (κ1) is 17.7. The number of benzene rings is 1. The fraction of sp³-hybridized carbons (Fsp3) is 0.632. The average molecular weight is 363 g/mol. The Morgan fingerprint density at radius 2 is 2.08 bits per heavy atom. The Kier molecular flexibility index (Phi) is 5.11. The van der Waals surface area contributed by atoms with Crippen LogP contribution in [-0.2, 0) is 22.7 Å². The van der Waals surface area contributed by atoms with Crippen molar-refractivity contribution in [1.29, 1.82) is 0 Å². The summed E-state index contributed by atoms with van der Waals surface area (Å²) in [5.74, 6) is 0.641. The third kappa shape index (κ3) is 4.00. The third-order valence-electron chi connectivity index (χ3n) is 5.40. The molecular formula is C19H26FN3O3. The lowest BCUT2D eigenvalue weighted by molar-refractivity contribution is -0.126. The molecule has 0 bridgehead atoms. The number of carbonyl (C=O) groups is 1. The van der Waals surface area contributed by atoms with Gasteiger partial charge < -0.3 is 14.8 Å². The highest BCUT2D eigenvalue weighted by Crippen LogP contribution is 2.30. The minimum Gasteiger partial charge on any atom is -0.467 e. The van der Waals surface area contributed by atoms with Gasteiger partial charge >= 0.3 is 0 Å². The van der Waals surface area contributed by atoms with Gasteiger partial charge in [-0.3, -0.25) is 14.6 Å². The average Bonchev–Trinajstić information content (AvgIpc) is 3.45. The quantitative estimate of drug-likeness (QED) is 0.859. The highest BCUT2D eigenvalue weighted by atomic mass is 19.1. The normalized spacial score (nSPS) is 22.4. The van der Waals surface area contributed by atoms with Gasteiger partial charge in [-0.1, -0.05) is 0 Å². The van der Waals surface area contributed by atoms with E-state index in [0.717, 1.165) is 55.9 Å². The van der Waals surface area contributed by atoms with Crippen LogP contribution < -0.4 is 10.1 Å². The summed E-state index contributed by atoms with van der Waals surface area (Å²) in [6.07, 6.45) is 2.22. The zero-order chi connectivity index (χ0) is 18.1. The minimum absolute atomic E-state index is 0.0971. The number of halogens is 1. The van der Waals surface area contributed by atoms with Gasteiger partial charge in [-0.2, -0.15) is 0 Å². The van der Waals surface area contributed by atoms with Crippen molar-refractivity contribution in [1.82, 2.24) is 15.1 Å². The molecule has 1 saturated heterocycles. The first-order valence-electron chi connectivity index (χ1n) is 9.39. The molecule has 2 fully saturated rings. The molecule has 1 aliphatic carbocycles. The molecule has 1 aromatic rings. The standard InChI is InChI=1S/C19H26FN3O3/c1-13(19(24)21-17-2-3-17)23-6-4-22(5-7-23)10-14-8-16(20)9-15-11-25-12-26-18(14)15/h8-9,13,17H,2-7,10-12H2,1H3,(H,21,24)/t13-/m1/s1. The van der Waals surface area contributed by atoms with Gasteiger partial charge in [-0.05, 0) is 31.9 Å². The summed E-state index contributed by atoms with van der Waals surface area (Å²) < 4.78 is 24.7. The van der Waals surface area contributed by atoms with E-state index in [1.54, 1.807) is 6.07 Å². The molecule has 1 saturated carbocycles. The van der Waals surface area contributed by atoms with Gasteiger partial charge in [0.2, 0.25) is 5.91 Å². The van der Waals surface area contributed by atoms with Gasteiger partial charge in [0.25, 0.3) is 0 Å². The lowest BCUT2D eigenvalue weighted by atomic mass is 10.1. The Morgan fingerprint density at radius 3 is 2.81 bits per heavy atom. The zero-order valence-electron chi connectivity index (χ0n) is 15.2. The van der Waals surface area contributed by atoms with Crippen LogP contribution in [0.3, 0.4) is 0 Å². The number of rotatable bonds is 5. The van der Waals surface area contributed by atoms with Crippen LogP contribution in [-0.4, -0.2) is 60.8 Å². The first-order valence-corrected chi connectivity index (χ1v) is 9.39. The Bertz CT molecular complexity index is 672. The number of nitrogens with one attached hydrogen (secondary N) is 1. The lowest BCUT2D eigenvalue weighted by Gasteiger charge is -2.37. The van der Waals surface area contributed by atoms with Gasteiger partial charge in [0.05, 0.1) is 12.6 Å². The van der Waals surface area contributed by atoms with Gasteiger partial charge in [-0.15, -0.1) is 0 Å². The number of fused-ring (bicyclic) bond motifs is 1. The topological polar surface area (TPSA) is 54.0 Å². The van der Waals surface area contributed by atoms with Gasteiger partial charge in [0, 0.05) is 49.9 Å². The molecule has 0 spiro atoms. The van der Waals surface area contributed by atoms with Crippen molar-refractivity contribution in [2.24, 2.45) is 0 Å². The number of hydrogen-bond donors (Lipinski definition) is 1. The molecule has 0 unspecified atom stereocenters. The molecule has 2 aliphatic heterocycles. The molecule has 1 N–H and O–H groups in total. The summed E-state index contributed by atoms with van der Waals surface area (Å²) in [4.78, 5) is 16.7. The summed E-state index contributed by atoms with van der Waals surface area (Å²) in [5.41, 5.74) is 1.64. The third-order valence-corrected chi connectivity index (χ3v) is 5.40. The first-order chi connectivity index (χ1) is 12.6. The summed E-state index contributed by atoms with van der Waals surface area (Å²) in [6.45, 7) is 6.60. The maximum atomic E-state index is 13.9. The number of piperazine rings is 1. The second kappa shape index (κ2) is 7.50. The summed E-state index contributed by atoms with van der Waals surface area (Å²) in [7, 11) is 0. The smallest absolute Gasteiger partial charge is 0.237 e. The van der Waals surface area contributed by atoms with E-state index in [9.17, 15) is 9.18 Å². The second-order valence-corrected chi connectivity index (χ2v) is 7.43. The number of amides is 1. The van der Waals surface area contributed by atoms with E-state index in [1.165, 1.54) is 6.07 Å². The van der Waals surface area contributed by atoms with Gasteiger partial charge in [-0.25, -0.2) is 4.39 Å². The van der Waals surface area contributed by atoms with Crippen molar-refractivity contribution in [3.63, 3.8) is 0 Å². The van der Waals surface area contributed by atoms with Crippen molar-refractivity contribution in [2.75, 3.05) is 33.0 Å². The largest absolute Gasteiger partial charge is 0.467 e. The minimum atomic E-state index is -0.253. The maximum Gasteiger partial charge on any atom is 0.237 e. The highest BCUT2D eigenvalue weighted by Gasteiger charge is 2.30. The second-order valence-electron chi connectivity index (χ2n) is 7.43. The van der Waals surface area contributed by atoms with Crippen molar-refractivity contribution < 1.29 is 18.7 Å². The molecule has 1 amide bonds. The van der Waals surface area contributed by atoms with E-state index in [4.69, 9.17) is 9.47 Å². The molecule has 2 heterocycles. The van der Waals surface area contributed by atoms with Crippen molar-refractivity contribution in [2.45, 2.75) is 45.0 Å². The van der Waals surface area contributed by atoms with Crippen LogP contribution in [0.25, 0.3) is 0 Å². The molecule has 7 heteroatoms. The zero-order valence-corrected chi connectivity index (χ0v) is 15.2. The number of nitrogens with zero attached hydrogens (tertiary/aromatic N) is 2. The van der Waals surface area contributed by atoms with E-state index in [2.05, 4.69) is 15.1 Å². The Balaban J connectivity index is 1.34.